The van der Waals surface area contributed by atoms with Crippen molar-refractivity contribution >= 4 is 23.3 Å². The maximum atomic E-state index is 13.4. The van der Waals surface area contributed by atoms with Crippen LogP contribution in [0.4, 0.5) is 11.5 Å². The number of carbonyl (C=O) groups is 2. The lowest BCUT2D eigenvalue weighted by atomic mass is 9.95. The van der Waals surface area contributed by atoms with Gasteiger partial charge in [-0.3, -0.25) is 9.59 Å². The highest BCUT2D eigenvalue weighted by Gasteiger charge is 2.48. The van der Waals surface area contributed by atoms with Gasteiger partial charge in [-0.05, 0) is 44.7 Å². The first-order valence-corrected chi connectivity index (χ1v) is 10.3. The van der Waals surface area contributed by atoms with Gasteiger partial charge >= 0.3 is 0 Å². The van der Waals surface area contributed by atoms with Crippen molar-refractivity contribution in [1.82, 2.24) is 14.8 Å². The minimum Gasteiger partial charge on any atom is -0.397 e. The van der Waals surface area contributed by atoms with Crippen LogP contribution >= 0.6 is 0 Å². The van der Waals surface area contributed by atoms with E-state index in [0.717, 1.165) is 25.2 Å². The Labute approximate surface area is 167 Å². The lowest BCUT2D eigenvalue weighted by Crippen LogP contribution is -2.62. The maximum Gasteiger partial charge on any atom is 0.248 e. The topological polar surface area (TPSA) is 82.8 Å². The van der Waals surface area contributed by atoms with Crippen molar-refractivity contribution in [1.29, 1.82) is 0 Å². The molecule has 7 nitrogen and oxygen atoms in total. The second-order valence-electron chi connectivity index (χ2n) is 8.76. The summed E-state index contributed by atoms with van der Waals surface area (Å²) >= 11 is 0. The van der Waals surface area contributed by atoms with Crippen molar-refractivity contribution in [2.45, 2.75) is 58.5 Å². The van der Waals surface area contributed by atoms with Crippen LogP contribution in [0.3, 0.4) is 0 Å². The van der Waals surface area contributed by atoms with Gasteiger partial charge in [0, 0.05) is 38.6 Å². The molecule has 2 aliphatic rings. The molecule has 0 bridgehead atoms. The van der Waals surface area contributed by atoms with Crippen LogP contribution in [0, 0.1) is 5.92 Å². The van der Waals surface area contributed by atoms with Crippen LogP contribution in [-0.2, 0) is 9.59 Å². The van der Waals surface area contributed by atoms with E-state index in [1.807, 2.05) is 42.7 Å². The Morgan fingerprint density at radius 3 is 2.64 bits per heavy atom. The fraction of sp³-hybridized carbons (Fsp3) is 0.667. The minimum absolute atomic E-state index is 0.0823. The molecule has 3 heterocycles. The lowest BCUT2D eigenvalue weighted by Gasteiger charge is -2.44. The molecule has 154 valence electrons. The first-order valence-electron chi connectivity index (χ1n) is 10.3. The lowest BCUT2D eigenvalue weighted by molar-refractivity contribution is -0.151. The first kappa shape index (κ1) is 20.4. The largest absolute Gasteiger partial charge is 0.397 e. The second kappa shape index (κ2) is 7.97. The monoisotopic (exact) mass is 387 g/mol. The van der Waals surface area contributed by atoms with Crippen LogP contribution in [0.1, 0.15) is 47.0 Å². The summed E-state index contributed by atoms with van der Waals surface area (Å²) in [5.74, 6) is 1.36. The van der Waals surface area contributed by atoms with Crippen LogP contribution in [0.2, 0.25) is 0 Å². The molecule has 2 amide bonds. The number of rotatable bonds is 4. The molecule has 2 fully saturated rings. The van der Waals surface area contributed by atoms with E-state index in [2.05, 4.69) is 16.8 Å². The number of nitrogen functional groups attached to an aromatic ring is 1. The number of aromatic nitrogens is 1. The Balaban J connectivity index is 1.69. The highest BCUT2D eigenvalue weighted by molar-refractivity contribution is 5.92. The Kier molecular flexibility index (Phi) is 5.82. The average Bonchev–Trinajstić information content (AvgIpc) is 3.04. The number of amides is 2. The number of pyridine rings is 1. The Morgan fingerprint density at radius 1 is 1.29 bits per heavy atom. The van der Waals surface area contributed by atoms with Gasteiger partial charge in [-0.2, -0.15) is 0 Å². The van der Waals surface area contributed by atoms with Gasteiger partial charge in [-0.15, -0.1) is 0 Å². The van der Waals surface area contributed by atoms with E-state index in [1.165, 1.54) is 0 Å². The van der Waals surface area contributed by atoms with E-state index in [4.69, 9.17) is 5.73 Å². The van der Waals surface area contributed by atoms with Crippen molar-refractivity contribution in [2.24, 2.45) is 5.92 Å². The zero-order chi connectivity index (χ0) is 20.5. The highest BCUT2D eigenvalue weighted by atomic mass is 16.2. The number of nitrogens with two attached hydrogens (primary N) is 1. The second-order valence-corrected chi connectivity index (χ2v) is 8.76. The minimum atomic E-state index is -0.715. The smallest absolute Gasteiger partial charge is 0.248 e. The summed E-state index contributed by atoms with van der Waals surface area (Å²) in [4.78, 5) is 36.5. The molecule has 2 aliphatic heterocycles. The summed E-state index contributed by atoms with van der Waals surface area (Å²) in [7, 11) is 0. The van der Waals surface area contributed by atoms with Gasteiger partial charge in [0.15, 0.2) is 0 Å². The number of hydrogen-bond donors (Lipinski definition) is 1. The third-order valence-corrected chi connectivity index (χ3v) is 5.97. The van der Waals surface area contributed by atoms with Gasteiger partial charge in [-0.25, -0.2) is 4.98 Å². The molecule has 0 radical (unpaired) electrons. The van der Waals surface area contributed by atoms with Gasteiger partial charge in [0.25, 0.3) is 0 Å². The van der Waals surface area contributed by atoms with Gasteiger partial charge in [0.1, 0.15) is 11.4 Å². The molecule has 0 spiro atoms. The molecule has 2 N–H and O–H groups in total. The van der Waals surface area contributed by atoms with Crippen molar-refractivity contribution in [3.63, 3.8) is 0 Å². The zero-order valence-corrected chi connectivity index (χ0v) is 17.5. The van der Waals surface area contributed by atoms with E-state index >= 15 is 0 Å². The summed E-state index contributed by atoms with van der Waals surface area (Å²) in [6, 6.07) is 3.93. The fourth-order valence-corrected chi connectivity index (χ4v) is 4.44. The predicted octanol–water partition coefficient (Wildman–Crippen LogP) is 2.13. The van der Waals surface area contributed by atoms with Crippen molar-refractivity contribution in [3.05, 3.63) is 18.3 Å². The van der Waals surface area contributed by atoms with Crippen LogP contribution in [0.25, 0.3) is 0 Å². The highest BCUT2D eigenvalue weighted by Crippen LogP contribution is 2.33. The van der Waals surface area contributed by atoms with Crippen molar-refractivity contribution in [3.8, 4) is 0 Å². The molecular formula is C21H33N5O2. The molecule has 0 unspecified atom stereocenters. The van der Waals surface area contributed by atoms with E-state index in [1.54, 1.807) is 6.20 Å². The number of hydrogen-bond acceptors (Lipinski definition) is 5. The number of nitrogens with zero attached hydrogens (tertiary/aromatic N) is 4. The van der Waals surface area contributed by atoms with Crippen molar-refractivity contribution < 1.29 is 9.59 Å². The molecule has 3 rings (SSSR count). The molecule has 7 heteroatoms. The molecular weight excluding hydrogens is 354 g/mol. The zero-order valence-electron chi connectivity index (χ0n) is 17.5. The number of anilines is 2. The van der Waals surface area contributed by atoms with E-state index < -0.39 is 5.54 Å². The van der Waals surface area contributed by atoms with E-state index in [9.17, 15) is 9.59 Å². The molecule has 0 aliphatic carbocycles. The van der Waals surface area contributed by atoms with E-state index in [0.29, 0.717) is 37.7 Å². The molecule has 2 atom stereocenters. The Hall–Kier alpha value is -2.31. The normalized spacial score (nSPS) is 25.5. The molecule has 1 aromatic heterocycles. The predicted molar refractivity (Wildman–Crippen MR) is 111 cm³/mol. The number of carbonyl (C=O) groups excluding carboxylic acids is 2. The van der Waals surface area contributed by atoms with Crippen LogP contribution < -0.4 is 10.6 Å². The van der Waals surface area contributed by atoms with E-state index in [-0.39, 0.29) is 17.9 Å². The fourth-order valence-electron chi connectivity index (χ4n) is 4.44. The summed E-state index contributed by atoms with van der Waals surface area (Å²) in [5.41, 5.74) is 5.67. The quantitative estimate of drug-likeness (QED) is 0.856. The summed E-state index contributed by atoms with van der Waals surface area (Å²) < 4.78 is 0. The van der Waals surface area contributed by atoms with Gasteiger partial charge in [0.2, 0.25) is 11.8 Å². The molecule has 28 heavy (non-hydrogen) atoms. The number of piperazine rings is 1. The number of likely N-dealkylation sites (tertiary alicyclic amines) is 1. The Morgan fingerprint density at radius 2 is 2.04 bits per heavy atom. The Bertz CT molecular complexity index is 720. The SMILES string of the molecule is CC(C)CC(=O)N1CCC[C@@]1(C)C(=O)N1CCN(c2ccc(N)cn2)[C@H](C)C1. The van der Waals surface area contributed by atoms with Crippen LogP contribution in [0.5, 0.6) is 0 Å². The van der Waals surface area contributed by atoms with Gasteiger partial charge in [-0.1, -0.05) is 13.8 Å². The average molecular weight is 388 g/mol. The third kappa shape index (κ3) is 3.93. The summed E-state index contributed by atoms with van der Waals surface area (Å²) in [6.07, 6.45) is 3.79. The van der Waals surface area contributed by atoms with Crippen LogP contribution in [0.15, 0.2) is 18.3 Å². The standard InChI is InChI=1S/C21H33N5O2/c1-15(2)12-19(27)26-9-5-8-21(26,4)20(28)24-10-11-25(16(3)14-24)18-7-6-17(22)13-23-18/h6-7,13,15-16H,5,8-12,14,22H2,1-4H3/t16-,21+/m1/s1. The summed E-state index contributed by atoms with van der Waals surface area (Å²) in [6.45, 7) is 10.8. The maximum absolute atomic E-state index is 13.4. The van der Waals surface area contributed by atoms with Gasteiger partial charge in [0.05, 0.1) is 11.9 Å². The van der Waals surface area contributed by atoms with Gasteiger partial charge < -0.3 is 20.4 Å². The van der Waals surface area contributed by atoms with Crippen LogP contribution in [-0.4, -0.2) is 64.4 Å². The first-order chi connectivity index (χ1) is 13.2. The van der Waals surface area contributed by atoms with Crippen molar-refractivity contribution in [2.75, 3.05) is 36.8 Å². The molecule has 2 saturated heterocycles. The molecule has 0 saturated carbocycles. The summed E-state index contributed by atoms with van der Waals surface area (Å²) in [5, 5.41) is 0. The molecule has 0 aromatic carbocycles. The third-order valence-electron chi connectivity index (χ3n) is 5.97. The molecule has 1 aromatic rings.